The summed E-state index contributed by atoms with van der Waals surface area (Å²) in [5, 5.41) is -1.19. The average Bonchev–Trinajstić information content (AvgIpc) is 2.27. The quantitative estimate of drug-likeness (QED) is 0.831. The van der Waals surface area contributed by atoms with Crippen LogP contribution in [0.2, 0.25) is 0 Å². The number of hydrogen-bond donors (Lipinski definition) is 1. The third-order valence-electron chi connectivity index (χ3n) is 2.44. The van der Waals surface area contributed by atoms with Gasteiger partial charge in [-0.15, -0.1) is 0 Å². The largest absolute Gasteiger partial charge is 0.497 e. The van der Waals surface area contributed by atoms with Gasteiger partial charge in [-0.1, -0.05) is 12.1 Å². The van der Waals surface area contributed by atoms with Gasteiger partial charge in [0.2, 0.25) is 5.91 Å². The Morgan fingerprint density at radius 2 is 2.12 bits per heavy atom. The fourth-order valence-electron chi connectivity index (χ4n) is 1.30. The lowest BCUT2D eigenvalue weighted by Crippen LogP contribution is -2.33. The van der Waals surface area contributed by atoms with Crippen LogP contribution in [-0.4, -0.2) is 26.7 Å². The number of primary amides is 1. The van der Waals surface area contributed by atoms with Gasteiger partial charge in [-0.3, -0.25) is 4.79 Å². The van der Waals surface area contributed by atoms with Crippen LogP contribution in [0.25, 0.3) is 0 Å². The average molecular weight is 257 g/mol. The highest BCUT2D eigenvalue weighted by atomic mass is 32.2. The Labute approximate surface area is 100 Å². The first-order chi connectivity index (χ1) is 7.86. The van der Waals surface area contributed by atoms with Crippen molar-refractivity contribution in [2.24, 2.45) is 5.73 Å². The third-order valence-corrected chi connectivity index (χ3v) is 4.49. The van der Waals surface area contributed by atoms with Crippen molar-refractivity contribution < 1.29 is 17.9 Å². The maximum absolute atomic E-state index is 11.8. The summed E-state index contributed by atoms with van der Waals surface area (Å²) in [4.78, 5) is 10.9. The second-order valence-electron chi connectivity index (χ2n) is 3.70. The zero-order chi connectivity index (χ0) is 13.1. The molecule has 0 saturated heterocycles. The number of rotatable bonds is 5. The first-order valence-corrected chi connectivity index (χ1v) is 6.72. The Bertz CT molecular complexity index is 510. The summed E-state index contributed by atoms with van der Waals surface area (Å²) in [6.07, 6.45) is 0. The van der Waals surface area contributed by atoms with Crippen molar-refractivity contribution in [1.82, 2.24) is 0 Å². The van der Waals surface area contributed by atoms with Gasteiger partial charge in [0.1, 0.15) is 11.0 Å². The maximum atomic E-state index is 11.8. The summed E-state index contributed by atoms with van der Waals surface area (Å²) in [6, 6.07) is 6.69. The predicted molar refractivity (Wildman–Crippen MR) is 64.3 cm³/mol. The molecule has 1 aromatic rings. The number of nitrogens with two attached hydrogens (primary N) is 1. The minimum absolute atomic E-state index is 0.228. The minimum Gasteiger partial charge on any atom is -0.497 e. The molecule has 0 radical (unpaired) electrons. The van der Waals surface area contributed by atoms with Crippen molar-refractivity contribution in [2.45, 2.75) is 17.9 Å². The van der Waals surface area contributed by atoms with Gasteiger partial charge in [0.25, 0.3) is 0 Å². The molecule has 0 bridgehead atoms. The Hall–Kier alpha value is -1.56. The molecule has 2 N–H and O–H groups in total. The lowest BCUT2D eigenvalue weighted by molar-refractivity contribution is -0.117. The van der Waals surface area contributed by atoms with Crippen molar-refractivity contribution in [1.29, 1.82) is 0 Å². The fourth-order valence-corrected chi connectivity index (χ4v) is 2.54. The van der Waals surface area contributed by atoms with Gasteiger partial charge < -0.3 is 10.5 Å². The maximum Gasteiger partial charge on any atom is 0.235 e. The van der Waals surface area contributed by atoms with Crippen molar-refractivity contribution in [3.63, 3.8) is 0 Å². The van der Waals surface area contributed by atoms with E-state index >= 15 is 0 Å². The zero-order valence-electron chi connectivity index (χ0n) is 9.71. The summed E-state index contributed by atoms with van der Waals surface area (Å²) in [5.74, 6) is -0.494. The van der Waals surface area contributed by atoms with Crippen molar-refractivity contribution in [2.75, 3.05) is 7.11 Å². The predicted octanol–water partition coefficient (Wildman–Crippen LogP) is 0.484. The first-order valence-electron chi connectivity index (χ1n) is 5.00. The van der Waals surface area contributed by atoms with Crippen molar-refractivity contribution in [3.05, 3.63) is 29.8 Å². The van der Waals surface area contributed by atoms with E-state index in [1.807, 2.05) is 0 Å². The van der Waals surface area contributed by atoms with E-state index in [0.29, 0.717) is 11.3 Å². The van der Waals surface area contributed by atoms with Crippen LogP contribution in [0.4, 0.5) is 0 Å². The van der Waals surface area contributed by atoms with Crippen molar-refractivity contribution in [3.8, 4) is 5.75 Å². The molecular weight excluding hydrogens is 242 g/mol. The molecule has 1 rings (SSSR count). The van der Waals surface area contributed by atoms with Crippen LogP contribution in [0.1, 0.15) is 12.5 Å². The van der Waals surface area contributed by atoms with E-state index in [1.165, 1.54) is 14.0 Å². The Morgan fingerprint density at radius 1 is 1.47 bits per heavy atom. The molecule has 1 amide bonds. The number of methoxy groups -OCH3 is 1. The highest BCUT2D eigenvalue weighted by Gasteiger charge is 2.26. The molecule has 0 heterocycles. The molecule has 0 aliphatic carbocycles. The molecule has 0 aliphatic heterocycles. The summed E-state index contributed by atoms with van der Waals surface area (Å²) in [5.41, 5.74) is 5.56. The molecule has 1 aromatic carbocycles. The monoisotopic (exact) mass is 257 g/mol. The van der Waals surface area contributed by atoms with Gasteiger partial charge >= 0.3 is 0 Å². The number of ether oxygens (including phenoxy) is 1. The Balaban J connectivity index is 2.94. The molecule has 0 aromatic heterocycles. The SMILES string of the molecule is COc1cccc(CS(=O)(=O)C(C)C(N)=O)c1. The van der Waals surface area contributed by atoms with Gasteiger partial charge in [-0.2, -0.15) is 0 Å². The molecular formula is C11H15NO4S. The van der Waals surface area contributed by atoms with E-state index in [9.17, 15) is 13.2 Å². The van der Waals surface area contributed by atoms with Gasteiger partial charge in [0.05, 0.1) is 12.9 Å². The first kappa shape index (κ1) is 13.5. The number of amides is 1. The zero-order valence-corrected chi connectivity index (χ0v) is 10.5. The third kappa shape index (κ3) is 3.45. The number of carbonyl (C=O) groups is 1. The summed E-state index contributed by atoms with van der Waals surface area (Å²) >= 11 is 0. The lowest BCUT2D eigenvalue weighted by Gasteiger charge is -2.10. The van der Waals surface area contributed by atoms with E-state index in [4.69, 9.17) is 10.5 Å². The number of benzene rings is 1. The minimum atomic E-state index is -3.57. The van der Waals surface area contributed by atoms with E-state index in [1.54, 1.807) is 24.3 Å². The molecule has 0 saturated carbocycles. The molecule has 0 spiro atoms. The number of hydrogen-bond acceptors (Lipinski definition) is 4. The highest BCUT2D eigenvalue weighted by Crippen LogP contribution is 2.16. The molecule has 5 nitrogen and oxygen atoms in total. The van der Waals surface area contributed by atoms with Crippen LogP contribution < -0.4 is 10.5 Å². The number of carbonyl (C=O) groups excluding carboxylic acids is 1. The molecule has 1 atom stereocenters. The van der Waals surface area contributed by atoms with E-state index in [2.05, 4.69) is 0 Å². The lowest BCUT2D eigenvalue weighted by atomic mass is 10.2. The van der Waals surface area contributed by atoms with Crippen LogP contribution in [0.3, 0.4) is 0 Å². The van der Waals surface area contributed by atoms with Crippen LogP contribution in [-0.2, 0) is 20.4 Å². The topological polar surface area (TPSA) is 86.5 Å². The summed E-state index contributed by atoms with van der Waals surface area (Å²) in [6.45, 7) is 1.29. The Morgan fingerprint density at radius 3 is 2.65 bits per heavy atom. The summed E-state index contributed by atoms with van der Waals surface area (Å²) < 4.78 is 28.6. The second-order valence-corrected chi connectivity index (χ2v) is 6.02. The molecule has 0 fully saturated rings. The normalized spacial score (nSPS) is 13.1. The van der Waals surface area contributed by atoms with Crippen LogP contribution in [0, 0.1) is 0 Å². The van der Waals surface area contributed by atoms with Gasteiger partial charge in [-0.25, -0.2) is 8.42 Å². The molecule has 1 unspecified atom stereocenters. The van der Waals surface area contributed by atoms with E-state index in [-0.39, 0.29) is 5.75 Å². The second kappa shape index (κ2) is 5.18. The van der Waals surface area contributed by atoms with Gasteiger partial charge in [0, 0.05) is 0 Å². The van der Waals surface area contributed by atoms with Crippen LogP contribution >= 0.6 is 0 Å². The molecule has 0 aliphatic rings. The van der Waals surface area contributed by atoms with E-state index < -0.39 is 21.0 Å². The van der Waals surface area contributed by atoms with Crippen LogP contribution in [0.5, 0.6) is 5.75 Å². The summed E-state index contributed by atoms with van der Waals surface area (Å²) in [7, 11) is -2.07. The number of sulfone groups is 1. The Kier molecular flexibility index (Phi) is 4.11. The van der Waals surface area contributed by atoms with E-state index in [0.717, 1.165) is 0 Å². The highest BCUT2D eigenvalue weighted by molar-refractivity contribution is 7.92. The molecule has 6 heteroatoms. The van der Waals surface area contributed by atoms with Gasteiger partial charge in [-0.05, 0) is 24.6 Å². The molecule has 94 valence electrons. The van der Waals surface area contributed by atoms with Gasteiger partial charge in [0.15, 0.2) is 9.84 Å². The van der Waals surface area contributed by atoms with Crippen molar-refractivity contribution >= 4 is 15.7 Å². The fraction of sp³-hybridized carbons (Fsp3) is 0.364. The standard InChI is InChI=1S/C11H15NO4S/c1-8(11(12)13)17(14,15)7-9-4-3-5-10(6-9)16-2/h3-6,8H,7H2,1-2H3,(H2,12,13). The smallest absolute Gasteiger partial charge is 0.235 e. The molecule has 17 heavy (non-hydrogen) atoms. The van der Waals surface area contributed by atoms with Crippen LogP contribution in [0.15, 0.2) is 24.3 Å².